The van der Waals surface area contributed by atoms with Crippen LogP contribution in [0.4, 0.5) is 0 Å². The van der Waals surface area contributed by atoms with E-state index in [9.17, 15) is 9.59 Å². The molecule has 1 aromatic heterocycles. The minimum atomic E-state index is -0.486. The van der Waals surface area contributed by atoms with E-state index in [-0.39, 0.29) is 5.91 Å². The Bertz CT molecular complexity index is 1230. The van der Waals surface area contributed by atoms with Crippen molar-refractivity contribution in [2.45, 2.75) is 52.9 Å². The van der Waals surface area contributed by atoms with Gasteiger partial charge in [-0.2, -0.15) is 0 Å². The molecule has 6 heteroatoms. The number of hydrogen-bond donors (Lipinski definition) is 0. The van der Waals surface area contributed by atoms with Gasteiger partial charge >= 0.3 is 5.97 Å². The van der Waals surface area contributed by atoms with Gasteiger partial charge in [-0.15, -0.1) is 0 Å². The lowest BCUT2D eigenvalue weighted by molar-refractivity contribution is -0.136. The molecular weight excluding hydrogens is 448 g/mol. The summed E-state index contributed by atoms with van der Waals surface area (Å²) in [7, 11) is 1.35. The molecule has 0 saturated carbocycles. The van der Waals surface area contributed by atoms with Crippen molar-refractivity contribution in [1.82, 2.24) is 9.47 Å². The Morgan fingerprint density at radius 2 is 1.97 bits per heavy atom. The van der Waals surface area contributed by atoms with E-state index < -0.39 is 5.97 Å². The van der Waals surface area contributed by atoms with Gasteiger partial charge in [0.25, 0.3) is 5.91 Å². The topological polar surface area (TPSA) is 51.5 Å². The third-order valence-electron chi connectivity index (χ3n) is 6.78. The lowest BCUT2D eigenvalue weighted by Gasteiger charge is -2.20. The summed E-state index contributed by atoms with van der Waals surface area (Å²) in [5.41, 5.74) is 6.59. The summed E-state index contributed by atoms with van der Waals surface area (Å²) in [6, 6.07) is 9.68. The van der Waals surface area contributed by atoms with Crippen molar-refractivity contribution in [2.75, 3.05) is 13.7 Å². The molecule has 0 atom stereocenters. The van der Waals surface area contributed by atoms with Crippen molar-refractivity contribution < 1.29 is 14.3 Å². The number of rotatable bonds is 6. The second kappa shape index (κ2) is 10.1. The average Bonchev–Trinajstić information content (AvgIpc) is 3.24. The van der Waals surface area contributed by atoms with Crippen molar-refractivity contribution in [2.24, 2.45) is 0 Å². The largest absolute Gasteiger partial charge is 0.465 e. The summed E-state index contributed by atoms with van der Waals surface area (Å²) >= 11 is 6.21. The minimum Gasteiger partial charge on any atom is -0.465 e. The SMILES string of the molecule is COC(=O)C1=C(C)N(CCC2=CCCCC2)C(=O)/C1=C\c1cc(C)n(-c2cccc(Cl)c2)c1C. The summed E-state index contributed by atoms with van der Waals surface area (Å²) in [4.78, 5) is 27.9. The van der Waals surface area contributed by atoms with Crippen LogP contribution in [0.3, 0.4) is 0 Å². The average molecular weight is 479 g/mol. The Hall–Kier alpha value is -3.05. The fourth-order valence-electron chi connectivity index (χ4n) is 4.99. The lowest BCUT2D eigenvalue weighted by atomic mass is 9.97. The zero-order valence-corrected chi connectivity index (χ0v) is 21.0. The van der Waals surface area contributed by atoms with Gasteiger partial charge in [-0.1, -0.05) is 29.3 Å². The molecule has 1 aliphatic carbocycles. The highest BCUT2D eigenvalue weighted by Gasteiger charge is 2.37. The predicted octanol–water partition coefficient (Wildman–Crippen LogP) is 6.31. The first-order valence-electron chi connectivity index (χ1n) is 11.8. The molecule has 0 bridgehead atoms. The number of amides is 1. The van der Waals surface area contributed by atoms with E-state index in [1.54, 1.807) is 4.90 Å². The highest BCUT2D eigenvalue weighted by Crippen LogP contribution is 2.34. The molecule has 1 aromatic carbocycles. The van der Waals surface area contributed by atoms with Crippen molar-refractivity contribution in [1.29, 1.82) is 0 Å². The van der Waals surface area contributed by atoms with Crippen LogP contribution in [-0.4, -0.2) is 35.0 Å². The maximum absolute atomic E-state index is 13.5. The van der Waals surface area contributed by atoms with Crippen LogP contribution in [0.5, 0.6) is 0 Å². The number of carbonyl (C=O) groups excluding carboxylic acids is 2. The van der Waals surface area contributed by atoms with E-state index in [4.69, 9.17) is 16.3 Å². The first-order chi connectivity index (χ1) is 16.3. The molecule has 2 aliphatic rings. The van der Waals surface area contributed by atoms with Gasteiger partial charge in [0.15, 0.2) is 0 Å². The van der Waals surface area contributed by atoms with Gasteiger partial charge in [-0.05, 0) is 88.8 Å². The van der Waals surface area contributed by atoms with Gasteiger partial charge in [0.1, 0.15) is 0 Å². The zero-order chi connectivity index (χ0) is 24.4. The minimum absolute atomic E-state index is 0.151. The summed E-state index contributed by atoms with van der Waals surface area (Å²) < 4.78 is 7.15. The van der Waals surface area contributed by atoms with Gasteiger partial charge in [-0.3, -0.25) is 4.79 Å². The molecule has 0 saturated heterocycles. The Balaban J connectivity index is 1.70. The quantitative estimate of drug-likeness (QED) is 0.277. The summed E-state index contributed by atoms with van der Waals surface area (Å²) in [5, 5.41) is 0.658. The number of hydrogen-bond acceptors (Lipinski definition) is 3. The van der Waals surface area contributed by atoms with E-state index in [1.165, 1.54) is 25.5 Å². The van der Waals surface area contributed by atoms with Gasteiger partial charge in [0, 0.05) is 34.3 Å². The zero-order valence-electron chi connectivity index (χ0n) is 20.3. The first-order valence-corrected chi connectivity index (χ1v) is 12.2. The molecule has 2 heterocycles. The highest BCUT2D eigenvalue weighted by atomic mass is 35.5. The maximum atomic E-state index is 13.5. The third kappa shape index (κ3) is 4.62. The molecular formula is C28H31ClN2O3. The molecule has 4 rings (SSSR count). The molecule has 2 aromatic rings. The summed E-state index contributed by atoms with van der Waals surface area (Å²) in [6.07, 6.45) is 9.58. The summed E-state index contributed by atoms with van der Waals surface area (Å²) in [5.74, 6) is -0.637. The number of ether oxygens (including phenoxy) is 1. The Morgan fingerprint density at radius 1 is 1.18 bits per heavy atom. The monoisotopic (exact) mass is 478 g/mol. The number of halogens is 1. The molecule has 34 heavy (non-hydrogen) atoms. The predicted molar refractivity (Wildman–Crippen MR) is 136 cm³/mol. The van der Waals surface area contributed by atoms with Gasteiger partial charge < -0.3 is 14.2 Å². The van der Waals surface area contributed by atoms with Crippen LogP contribution in [0.15, 0.2) is 58.8 Å². The van der Waals surface area contributed by atoms with Crippen LogP contribution in [-0.2, 0) is 14.3 Å². The van der Waals surface area contributed by atoms with E-state index in [1.807, 2.05) is 57.2 Å². The second-order valence-corrected chi connectivity index (χ2v) is 9.40. The molecule has 0 radical (unpaired) electrons. The molecule has 1 amide bonds. The fraction of sp³-hybridized carbons (Fsp3) is 0.357. The van der Waals surface area contributed by atoms with Crippen molar-refractivity contribution >= 4 is 29.6 Å². The van der Waals surface area contributed by atoms with E-state index in [0.717, 1.165) is 41.9 Å². The van der Waals surface area contributed by atoms with Crippen LogP contribution in [0.25, 0.3) is 11.8 Å². The number of allylic oxidation sites excluding steroid dienone is 2. The molecule has 0 spiro atoms. The highest BCUT2D eigenvalue weighted by molar-refractivity contribution is 6.30. The number of carbonyl (C=O) groups is 2. The van der Waals surface area contributed by atoms with E-state index in [0.29, 0.717) is 28.4 Å². The molecule has 0 unspecified atom stereocenters. The van der Waals surface area contributed by atoms with Crippen LogP contribution in [0.1, 0.15) is 56.0 Å². The number of nitrogens with zero attached hydrogens (tertiary/aromatic N) is 2. The third-order valence-corrected chi connectivity index (χ3v) is 7.01. The normalized spacial score (nSPS) is 17.6. The van der Waals surface area contributed by atoms with Crippen molar-refractivity contribution in [3.05, 3.63) is 80.8 Å². The number of methoxy groups -OCH3 is 1. The molecule has 1 aliphatic heterocycles. The van der Waals surface area contributed by atoms with Crippen LogP contribution in [0.2, 0.25) is 5.02 Å². The fourth-order valence-corrected chi connectivity index (χ4v) is 5.17. The molecule has 0 N–H and O–H groups in total. The molecule has 178 valence electrons. The van der Waals surface area contributed by atoms with E-state index in [2.05, 4.69) is 10.6 Å². The maximum Gasteiger partial charge on any atom is 0.340 e. The molecule has 5 nitrogen and oxygen atoms in total. The van der Waals surface area contributed by atoms with Crippen LogP contribution in [0, 0.1) is 13.8 Å². The smallest absolute Gasteiger partial charge is 0.340 e. The van der Waals surface area contributed by atoms with Gasteiger partial charge in [0.2, 0.25) is 0 Å². The van der Waals surface area contributed by atoms with Crippen molar-refractivity contribution in [3.8, 4) is 5.69 Å². The van der Waals surface area contributed by atoms with E-state index >= 15 is 0 Å². The van der Waals surface area contributed by atoms with Crippen LogP contribution >= 0.6 is 11.6 Å². The van der Waals surface area contributed by atoms with Gasteiger partial charge in [-0.25, -0.2) is 4.79 Å². The number of esters is 1. The van der Waals surface area contributed by atoms with Gasteiger partial charge in [0.05, 0.1) is 18.3 Å². The summed E-state index contributed by atoms with van der Waals surface area (Å²) in [6.45, 7) is 6.41. The standard InChI is InChI=1S/C28H31ClN2O3/c1-18-15-22(19(2)31(18)24-12-8-11-23(29)17-24)16-25-26(28(33)34-4)20(3)30(27(25)32)14-13-21-9-6-5-7-10-21/h8-9,11-12,15-17H,5-7,10,13-14H2,1-4H3/b25-16-. The first kappa shape index (κ1) is 24.1. The van der Waals surface area contributed by atoms with Crippen LogP contribution < -0.4 is 0 Å². The Kier molecular flexibility index (Phi) is 7.13. The number of aromatic nitrogens is 1. The molecule has 0 fully saturated rings. The Labute approximate surface area is 206 Å². The number of aryl methyl sites for hydroxylation is 1. The Morgan fingerprint density at radius 3 is 2.65 bits per heavy atom. The lowest BCUT2D eigenvalue weighted by Crippen LogP contribution is -2.26. The number of benzene rings is 1. The van der Waals surface area contributed by atoms with Crippen molar-refractivity contribution in [3.63, 3.8) is 0 Å². The second-order valence-electron chi connectivity index (χ2n) is 8.97.